The van der Waals surface area contributed by atoms with Crippen molar-refractivity contribution >= 4 is 11.3 Å². The van der Waals surface area contributed by atoms with E-state index in [-0.39, 0.29) is 0 Å². The van der Waals surface area contributed by atoms with E-state index in [1.54, 1.807) is 11.3 Å². The van der Waals surface area contributed by atoms with Crippen LogP contribution in [0.1, 0.15) is 32.4 Å². The first-order valence-corrected chi connectivity index (χ1v) is 5.84. The fraction of sp³-hybridized carbons (Fsp3) is 0.700. The maximum absolute atomic E-state index is 4.33. The van der Waals surface area contributed by atoms with Gasteiger partial charge in [-0.25, -0.2) is 4.98 Å². The lowest BCUT2D eigenvalue weighted by Crippen LogP contribution is -2.32. The highest BCUT2D eigenvalue weighted by atomic mass is 32.1. The molecule has 1 fully saturated rings. The van der Waals surface area contributed by atoms with Crippen molar-refractivity contribution in [3.05, 3.63) is 16.6 Å². The highest BCUT2D eigenvalue weighted by molar-refractivity contribution is 7.07. The van der Waals surface area contributed by atoms with Gasteiger partial charge in [0.25, 0.3) is 0 Å². The lowest BCUT2D eigenvalue weighted by atomic mass is 10.2. The van der Waals surface area contributed by atoms with Crippen LogP contribution in [0.3, 0.4) is 0 Å². The van der Waals surface area contributed by atoms with Gasteiger partial charge in [-0.1, -0.05) is 0 Å². The van der Waals surface area contributed by atoms with Crippen LogP contribution in [0.4, 0.5) is 0 Å². The highest BCUT2D eigenvalue weighted by Crippen LogP contribution is 2.25. The number of thiazole rings is 1. The van der Waals surface area contributed by atoms with Gasteiger partial charge in [-0.2, -0.15) is 0 Å². The summed E-state index contributed by atoms with van der Waals surface area (Å²) in [4.78, 5) is 6.88. The molecule has 0 bridgehead atoms. The zero-order chi connectivity index (χ0) is 9.26. The van der Waals surface area contributed by atoms with E-state index in [9.17, 15) is 0 Å². The Morgan fingerprint density at radius 2 is 2.15 bits per heavy atom. The molecule has 2 rings (SSSR count). The van der Waals surface area contributed by atoms with Crippen LogP contribution in [-0.2, 0) is 6.54 Å². The van der Waals surface area contributed by atoms with E-state index in [1.165, 1.54) is 18.5 Å². The Bertz CT molecular complexity index is 248. The molecule has 1 saturated heterocycles. The van der Waals surface area contributed by atoms with Gasteiger partial charge in [-0.05, 0) is 26.7 Å². The molecule has 72 valence electrons. The normalized spacial score (nSPS) is 29.7. The fourth-order valence-electron chi connectivity index (χ4n) is 2.06. The minimum atomic E-state index is 0.733. The second-order valence-electron chi connectivity index (χ2n) is 3.93. The van der Waals surface area contributed by atoms with Crippen LogP contribution in [0.5, 0.6) is 0 Å². The van der Waals surface area contributed by atoms with Gasteiger partial charge < -0.3 is 0 Å². The third kappa shape index (κ3) is 1.92. The Balaban J connectivity index is 2.01. The molecule has 0 radical (unpaired) electrons. The van der Waals surface area contributed by atoms with Crippen molar-refractivity contribution in [2.75, 3.05) is 0 Å². The SMILES string of the molecule is CC1CCC(C)N1Cc1cscn1. The second-order valence-corrected chi connectivity index (χ2v) is 4.65. The van der Waals surface area contributed by atoms with Gasteiger partial charge in [0.1, 0.15) is 0 Å². The van der Waals surface area contributed by atoms with Crippen LogP contribution in [0.15, 0.2) is 10.9 Å². The number of likely N-dealkylation sites (tertiary alicyclic amines) is 1. The van der Waals surface area contributed by atoms with Crippen molar-refractivity contribution in [3.63, 3.8) is 0 Å². The van der Waals surface area contributed by atoms with Gasteiger partial charge in [0, 0.05) is 24.0 Å². The van der Waals surface area contributed by atoms with Crippen molar-refractivity contribution in [1.82, 2.24) is 9.88 Å². The van der Waals surface area contributed by atoms with E-state index in [4.69, 9.17) is 0 Å². The maximum Gasteiger partial charge on any atom is 0.0795 e. The minimum absolute atomic E-state index is 0.733. The van der Waals surface area contributed by atoms with E-state index in [0.29, 0.717) is 0 Å². The van der Waals surface area contributed by atoms with E-state index in [2.05, 4.69) is 29.1 Å². The summed E-state index contributed by atoms with van der Waals surface area (Å²) in [6, 6.07) is 1.47. The molecule has 0 amide bonds. The molecule has 3 heteroatoms. The Kier molecular flexibility index (Phi) is 2.65. The van der Waals surface area contributed by atoms with Crippen LogP contribution in [0.2, 0.25) is 0 Å². The summed E-state index contributed by atoms with van der Waals surface area (Å²) in [6.45, 7) is 5.66. The fourth-order valence-corrected chi connectivity index (χ4v) is 2.61. The lowest BCUT2D eigenvalue weighted by molar-refractivity contribution is 0.203. The molecule has 2 atom stereocenters. The van der Waals surface area contributed by atoms with Gasteiger partial charge >= 0.3 is 0 Å². The summed E-state index contributed by atoms with van der Waals surface area (Å²) in [5.74, 6) is 0. The van der Waals surface area contributed by atoms with Crippen molar-refractivity contribution in [2.24, 2.45) is 0 Å². The Labute approximate surface area is 83.6 Å². The molecule has 0 aromatic carbocycles. The van der Waals surface area contributed by atoms with Gasteiger partial charge in [0.15, 0.2) is 0 Å². The zero-order valence-corrected chi connectivity index (χ0v) is 9.05. The molecule has 2 heterocycles. The first kappa shape index (κ1) is 9.16. The molecule has 0 aliphatic carbocycles. The van der Waals surface area contributed by atoms with Crippen LogP contribution in [0.25, 0.3) is 0 Å². The van der Waals surface area contributed by atoms with Gasteiger partial charge in [0.2, 0.25) is 0 Å². The monoisotopic (exact) mass is 196 g/mol. The molecule has 13 heavy (non-hydrogen) atoms. The van der Waals surface area contributed by atoms with Crippen LogP contribution < -0.4 is 0 Å². The number of hydrogen-bond donors (Lipinski definition) is 0. The predicted octanol–water partition coefficient (Wildman–Crippen LogP) is 2.52. The van der Waals surface area contributed by atoms with Gasteiger partial charge in [-0.3, -0.25) is 4.90 Å². The molecule has 2 nitrogen and oxygen atoms in total. The van der Waals surface area contributed by atoms with E-state index in [0.717, 1.165) is 18.6 Å². The van der Waals surface area contributed by atoms with Crippen molar-refractivity contribution in [3.8, 4) is 0 Å². The Hall–Kier alpha value is -0.410. The number of rotatable bonds is 2. The average molecular weight is 196 g/mol. The Morgan fingerprint density at radius 1 is 1.46 bits per heavy atom. The van der Waals surface area contributed by atoms with Crippen LogP contribution >= 0.6 is 11.3 Å². The van der Waals surface area contributed by atoms with E-state index < -0.39 is 0 Å². The van der Waals surface area contributed by atoms with Crippen LogP contribution in [-0.4, -0.2) is 22.0 Å². The summed E-state index contributed by atoms with van der Waals surface area (Å²) in [6.07, 6.45) is 2.68. The molecule has 1 aromatic heterocycles. The third-order valence-electron chi connectivity index (χ3n) is 2.96. The number of hydrogen-bond acceptors (Lipinski definition) is 3. The molecule has 2 unspecified atom stereocenters. The summed E-state index contributed by atoms with van der Waals surface area (Å²) in [5.41, 5.74) is 3.14. The van der Waals surface area contributed by atoms with Gasteiger partial charge in [-0.15, -0.1) is 11.3 Å². The smallest absolute Gasteiger partial charge is 0.0795 e. The zero-order valence-electron chi connectivity index (χ0n) is 8.23. The largest absolute Gasteiger partial charge is 0.292 e. The topological polar surface area (TPSA) is 16.1 Å². The van der Waals surface area contributed by atoms with E-state index >= 15 is 0 Å². The molecule has 1 aromatic rings. The first-order valence-electron chi connectivity index (χ1n) is 4.90. The molecular weight excluding hydrogens is 180 g/mol. The average Bonchev–Trinajstić information content (AvgIpc) is 2.70. The third-order valence-corrected chi connectivity index (χ3v) is 3.60. The standard InChI is InChI=1S/C10H16N2S/c1-8-3-4-9(2)12(8)5-10-6-13-7-11-10/h6-9H,3-5H2,1-2H3. The summed E-state index contributed by atoms with van der Waals surface area (Å²) in [5, 5.41) is 2.15. The second kappa shape index (κ2) is 3.76. The summed E-state index contributed by atoms with van der Waals surface area (Å²) in [7, 11) is 0. The van der Waals surface area contributed by atoms with E-state index in [1.807, 2.05) is 5.51 Å². The predicted molar refractivity (Wildman–Crippen MR) is 55.8 cm³/mol. The maximum atomic E-state index is 4.33. The molecule has 0 spiro atoms. The molecule has 0 N–H and O–H groups in total. The van der Waals surface area contributed by atoms with Crippen molar-refractivity contribution < 1.29 is 0 Å². The number of aromatic nitrogens is 1. The Morgan fingerprint density at radius 3 is 2.69 bits per heavy atom. The molecule has 1 aliphatic rings. The molecular formula is C10H16N2S. The van der Waals surface area contributed by atoms with Crippen molar-refractivity contribution in [2.45, 2.75) is 45.3 Å². The lowest BCUT2D eigenvalue weighted by Gasteiger charge is -2.24. The van der Waals surface area contributed by atoms with Crippen molar-refractivity contribution in [1.29, 1.82) is 0 Å². The quantitative estimate of drug-likeness (QED) is 0.722. The molecule has 0 saturated carbocycles. The summed E-state index contributed by atoms with van der Waals surface area (Å²) < 4.78 is 0. The van der Waals surface area contributed by atoms with Gasteiger partial charge in [0.05, 0.1) is 11.2 Å². The van der Waals surface area contributed by atoms with Crippen LogP contribution in [0, 0.1) is 0 Å². The first-order chi connectivity index (χ1) is 6.27. The number of nitrogens with zero attached hydrogens (tertiary/aromatic N) is 2. The summed E-state index contributed by atoms with van der Waals surface area (Å²) >= 11 is 1.69. The highest BCUT2D eigenvalue weighted by Gasteiger charge is 2.27. The molecule has 1 aliphatic heterocycles. The minimum Gasteiger partial charge on any atom is -0.292 e.